The number of methoxy groups -OCH3 is 6. The Hall–Kier alpha value is -6.40. The van der Waals surface area contributed by atoms with Gasteiger partial charge in [-0.05, 0) is 123 Å². The molecule has 1 aliphatic carbocycles. The Morgan fingerprint density at radius 3 is 0.583 bits per heavy atom. The van der Waals surface area contributed by atoms with E-state index < -0.39 is 0 Å². The van der Waals surface area contributed by atoms with Crippen LogP contribution in [-0.2, 0) is 58.2 Å². The summed E-state index contributed by atoms with van der Waals surface area (Å²) in [7, 11) is 11.0. The smallest absolute Gasteiger partial charge is 0.126 e. The number of rotatable bonds is 10. The number of fused-ring (bicyclic) bond motifs is 12. The molecule has 6 nitrogen and oxygen atoms in total. The van der Waals surface area contributed by atoms with Crippen LogP contribution in [0.25, 0.3) is 0 Å². The predicted molar refractivity (Wildman–Crippen MR) is 355 cm³/mol. The highest BCUT2D eigenvalue weighted by molar-refractivity contribution is 5.63. The zero-order valence-electron chi connectivity index (χ0n) is 56.3. The lowest BCUT2D eigenvalue weighted by Crippen LogP contribution is -2.18. The van der Waals surface area contributed by atoms with E-state index in [2.05, 4.69) is 223 Å². The van der Waals surface area contributed by atoms with Crippen molar-refractivity contribution >= 4 is 0 Å². The molecule has 12 bridgehead atoms. The van der Waals surface area contributed by atoms with E-state index in [1.807, 2.05) is 42.7 Å². The van der Waals surface area contributed by atoms with Crippen LogP contribution in [0, 0.1) is 0 Å². The average molecular weight is 1140 g/mol. The van der Waals surface area contributed by atoms with Crippen LogP contribution in [0.5, 0.6) is 34.5 Å². The van der Waals surface area contributed by atoms with E-state index in [1.165, 1.54) is 33.4 Å². The van der Waals surface area contributed by atoms with E-state index in [-0.39, 0.29) is 44.3 Å². The molecule has 0 atom stereocenters. The van der Waals surface area contributed by atoms with Gasteiger partial charge in [-0.3, -0.25) is 0 Å². The standard InChI is InChI=1S/C78H104O6/c1-27-29-61-63-43-57(75(9,10)11)39-51(69(63)81-23)31-47-35-55(73(3,4)5)37-49(67(47)79-21)33-53-41-59(77(15,16)17)45-65(71(53)83-25)62(30-28-2)66-46-60(78(18,19)20)42-54(72(66)84-26)34-50-38-56(74(6,7)8)36-48(68(50)80-22)32-52-40-58(76(12,13)14)44-64(61)70(52)82-24/h27-28,35-46,61-62H,1-2,29-34H2,3-26H3. The average Bonchev–Trinajstić information content (AvgIpc) is 2.22. The van der Waals surface area contributed by atoms with Crippen LogP contribution >= 0.6 is 0 Å². The number of allylic oxidation sites excluding steroid dienone is 2. The Morgan fingerprint density at radius 2 is 0.440 bits per heavy atom. The van der Waals surface area contributed by atoms with Gasteiger partial charge in [-0.15, -0.1) is 13.2 Å². The van der Waals surface area contributed by atoms with Crippen LogP contribution in [0.4, 0.5) is 0 Å². The Kier molecular flexibility index (Phi) is 19.0. The first-order valence-corrected chi connectivity index (χ1v) is 30.5. The molecule has 84 heavy (non-hydrogen) atoms. The first-order chi connectivity index (χ1) is 39.1. The summed E-state index contributed by atoms with van der Waals surface area (Å²) in [5.74, 6) is 4.77. The number of benzene rings is 6. The monoisotopic (exact) mass is 1140 g/mol. The highest BCUT2D eigenvalue weighted by Crippen LogP contribution is 2.51. The molecule has 1 aliphatic rings. The van der Waals surface area contributed by atoms with Gasteiger partial charge in [-0.2, -0.15) is 0 Å². The minimum absolute atomic E-state index is 0.185. The molecule has 0 spiro atoms. The van der Waals surface area contributed by atoms with Crippen LogP contribution in [0.3, 0.4) is 0 Å². The molecule has 452 valence electrons. The highest BCUT2D eigenvalue weighted by atomic mass is 16.5. The summed E-state index contributed by atoms with van der Waals surface area (Å²) in [6.45, 7) is 50.3. The van der Waals surface area contributed by atoms with Crippen LogP contribution in [0.2, 0.25) is 0 Å². The third kappa shape index (κ3) is 13.6. The Bertz CT molecular complexity index is 2980. The molecule has 6 aromatic rings. The normalized spacial score (nSPS) is 15.4. The summed E-state index contributed by atoms with van der Waals surface area (Å²) < 4.78 is 40.7. The Labute approximate surface area is 508 Å². The van der Waals surface area contributed by atoms with Crippen LogP contribution in [0.15, 0.2) is 98.1 Å². The first kappa shape index (κ1) is 65.1. The second kappa shape index (κ2) is 24.5. The fourth-order valence-corrected chi connectivity index (χ4v) is 12.6. The summed E-state index contributed by atoms with van der Waals surface area (Å²) in [5, 5.41) is 0. The van der Waals surface area contributed by atoms with Crippen LogP contribution < -0.4 is 28.4 Å². The molecule has 0 saturated heterocycles. The molecule has 0 fully saturated rings. The van der Waals surface area contributed by atoms with Gasteiger partial charge in [0.05, 0.1) is 42.7 Å². The van der Waals surface area contributed by atoms with Gasteiger partial charge in [0.15, 0.2) is 0 Å². The minimum atomic E-state index is -0.205. The summed E-state index contributed by atoms with van der Waals surface area (Å²) >= 11 is 0. The summed E-state index contributed by atoms with van der Waals surface area (Å²) in [4.78, 5) is 0. The van der Waals surface area contributed by atoms with E-state index in [4.69, 9.17) is 28.4 Å². The first-order valence-electron chi connectivity index (χ1n) is 30.5. The molecule has 0 saturated carbocycles. The van der Waals surface area contributed by atoms with Gasteiger partial charge in [0.1, 0.15) is 34.5 Å². The van der Waals surface area contributed by atoms with E-state index >= 15 is 0 Å². The van der Waals surface area contributed by atoms with Crippen LogP contribution in [-0.4, -0.2) is 42.7 Å². The molecular weight excluding hydrogens is 1030 g/mol. The van der Waals surface area contributed by atoms with Gasteiger partial charge in [0.25, 0.3) is 0 Å². The highest BCUT2D eigenvalue weighted by Gasteiger charge is 2.34. The Morgan fingerprint density at radius 1 is 0.286 bits per heavy atom. The molecule has 0 heterocycles. The van der Waals surface area contributed by atoms with E-state index in [0.717, 1.165) is 101 Å². The molecule has 6 aromatic carbocycles. The van der Waals surface area contributed by atoms with Gasteiger partial charge >= 0.3 is 0 Å². The van der Waals surface area contributed by atoms with Crippen molar-refractivity contribution in [1.82, 2.24) is 0 Å². The van der Waals surface area contributed by atoms with E-state index in [1.54, 1.807) is 0 Å². The third-order valence-electron chi connectivity index (χ3n) is 17.5. The van der Waals surface area contributed by atoms with Crippen molar-refractivity contribution in [2.75, 3.05) is 42.7 Å². The molecule has 0 aromatic heterocycles. The van der Waals surface area contributed by atoms with Gasteiger partial charge in [-0.25, -0.2) is 0 Å². The lowest BCUT2D eigenvalue weighted by molar-refractivity contribution is 0.390. The van der Waals surface area contributed by atoms with Crippen molar-refractivity contribution in [1.29, 1.82) is 0 Å². The summed E-state index contributed by atoms with van der Waals surface area (Å²) in [6, 6.07) is 28.5. The number of hydrogen-bond donors (Lipinski definition) is 0. The van der Waals surface area contributed by atoms with Gasteiger partial charge in [-0.1, -0.05) is 210 Å². The summed E-state index contributed by atoms with van der Waals surface area (Å²) in [5.41, 5.74) is 19.3. The van der Waals surface area contributed by atoms with Gasteiger partial charge in [0, 0.05) is 59.8 Å². The maximum Gasteiger partial charge on any atom is 0.126 e. The lowest BCUT2D eigenvalue weighted by Gasteiger charge is -2.31. The maximum atomic E-state index is 6.80. The van der Waals surface area contributed by atoms with Crippen molar-refractivity contribution in [2.24, 2.45) is 0 Å². The molecule has 6 heteroatoms. The van der Waals surface area contributed by atoms with Crippen molar-refractivity contribution in [2.45, 2.75) is 207 Å². The molecule has 0 amide bonds. The third-order valence-corrected chi connectivity index (χ3v) is 17.5. The van der Waals surface area contributed by atoms with E-state index in [9.17, 15) is 0 Å². The molecule has 0 N–H and O–H groups in total. The molecule has 7 rings (SSSR count). The molecular formula is C78H104O6. The Balaban J connectivity index is 1.74. The van der Waals surface area contributed by atoms with Crippen molar-refractivity contribution < 1.29 is 28.4 Å². The van der Waals surface area contributed by atoms with Crippen molar-refractivity contribution in [3.05, 3.63) is 198 Å². The predicted octanol–water partition coefficient (Wildman–Crippen LogP) is 19.6. The molecule has 0 radical (unpaired) electrons. The number of ether oxygens (including phenoxy) is 6. The van der Waals surface area contributed by atoms with Crippen LogP contribution in [0.1, 0.15) is 249 Å². The van der Waals surface area contributed by atoms with E-state index in [0.29, 0.717) is 38.5 Å². The fourth-order valence-electron chi connectivity index (χ4n) is 12.6. The zero-order valence-corrected chi connectivity index (χ0v) is 56.3. The second-order valence-electron chi connectivity index (χ2n) is 30.0. The molecule has 0 aliphatic heterocycles. The maximum absolute atomic E-state index is 6.80. The zero-order chi connectivity index (χ0) is 62.4. The van der Waals surface area contributed by atoms with Gasteiger partial charge < -0.3 is 28.4 Å². The second-order valence-corrected chi connectivity index (χ2v) is 30.0. The SMILES string of the molecule is C=CCC1c2cc(C(C)(C)C)cc(c2OC)Cc2cc(C(C)(C)C)cc(c2OC)Cc2cc(C(C)(C)C)cc(c2OC)C(CC=C)c2cc(C(C)(C)C)cc(c2OC)Cc2cc(C(C)(C)C)cc(c2OC)Cc2cc(C(C)(C)C)cc1c2OC. The largest absolute Gasteiger partial charge is 0.496 e. The topological polar surface area (TPSA) is 55.4 Å². The fraction of sp³-hybridized carbons (Fsp3) is 0.487. The quantitative estimate of drug-likeness (QED) is 0.127. The van der Waals surface area contributed by atoms with Crippen molar-refractivity contribution in [3.8, 4) is 34.5 Å². The summed E-state index contributed by atoms with van der Waals surface area (Å²) in [6.07, 6.45) is 7.66. The minimum Gasteiger partial charge on any atom is -0.496 e. The molecule has 0 unspecified atom stereocenters. The van der Waals surface area contributed by atoms with Gasteiger partial charge in [0.2, 0.25) is 0 Å². The van der Waals surface area contributed by atoms with Crippen molar-refractivity contribution in [3.63, 3.8) is 0 Å². The lowest BCUT2D eigenvalue weighted by atomic mass is 9.76. The number of hydrogen-bond acceptors (Lipinski definition) is 6.